The van der Waals surface area contributed by atoms with E-state index >= 15 is 0 Å². The van der Waals surface area contributed by atoms with Gasteiger partial charge in [0.1, 0.15) is 6.34 Å². The van der Waals surface area contributed by atoms with Crippen molar-refractivity contribution in [3.8, 4) is 0 Å². The summed E-state index contributed by atoms with van der Waals surface area (Å²) in [7, 11) is 2.39. The fourth-order valence-corrected chi connectivity index (χ4v) is 0.759. The number of rotatable bonds is 2. The molecule has 0 saturated carbocycles. The van der Waals surface area contributed by atoms with Crippen molar-refractivity contribution in [3.63, 3.8) is 0 Å². The fraction of sp³-hybridized carbons (Fsp3) is 0.286. The molecule has 13 heavy (non-hydrogen) atoms. The molecule has 0 N–H and O–H groups in total. The first-order valence-electron chi connectivity index (χ1n) is 3.35. The highest BCUT2D eigenvalue weighted by atomic mass is 16.5. The van der Waals surface area contributed by atoms with Crippen molar-refractivity contribution in [2.45, 2.75) is 0 Å². The van der Waals surface area contributed by atoms with E-state index in [-0.39, 0.29) is 11.4 Å². The maximum atomic E-state index is 11.0. The Labute approximate surface area is 74.2 Å². The average molecular weight is 183 g/mol. The molecule has 0 atom stereocenters. The number of methoxy groups -OCH3 is 2. The van der Waals surface area contributed by atoms with Crippen LogP contribution >= 0.6 is 0 Å². The van der Waals surface area contributed by atoms with Gasteiger partial charge in [-0.2, -0.15) is 0 Å². The Morgan fingerprint density at radius 2 is 1.69 bits per heavy atom. The first kappa shape index (κ1) is 9.24. The number of esters is 2. The third-order valence-corrected chi connectivity index (χ3v) is 1.36. The molecule has 6 heteroatoms. The Bertz CT molecular complexity index is 306. The van der Waals surface area contributed by atoms with Crippen LogP contribution in [0.1, 0.15) is 0 Å². The van der Waals surface area contributed by atoms with E-state index in [4.69, 9.17) is 0 Å². The molecule has 1 radical (unpaired) electrons. The minimum Gasteiger partial charge on any atom is -0.464 e. The van der Waals surface area contributed by atoms with Crippen molar-refractivity contribution in [1.82, 2.24) is 5.32 Å². The minimum atomic E-state index is -0.710. The van der Waals surface area contributed by atoms with Crippen LogP contribution in [-0.2, 0) is 19.1 Å². The molecule has 1 aliphatic rings. The van der Waals surface area contributed by atoms with Gasteiger partial charge in [-0.3, -0.25) is 0 Å². The van der Waals surface area contributed by atoms with Crippen LogP contribution in [0.3, 0.4) is 0 Å². The molecule has 1 rings (SSSR count). The van der Waals surface area contributed by atoms with E-state index in [0.29, 0.717) is 0 Å². The molecule has 0 aromatic carbocycles. The van der Waals surface area contributed by atoms with Crippen LogP contribution in [0.15, 0.2) is 16.4 Å². The minimum absolute atomic E-state index is 0.130. The summed E-state index contributed by atoms with van der Waals surface area (Å²) >= 11 is 0. The average Bonchev–Trinajstić information content (AvgIpc) is 2.63. The second-order valence-electron chi connectivity index (χ2n) is 2.05. The number of ether oxygens (including phenoxy) is 2. The second-order valence-corrected chi connectivity index (χ2v) is 2.05. The lowest BCUT2D eigenvalue weighted by Crippen LogP contribution is -2.15. The van der Waals surface area contributed by atoms with Gasteiger partial charge in [0.2, 0.25) is 0 Å². The monoisotopic (exact) mass is 183 g/mol. The van der Waals surface area contributed by atoms with E-state index in [0.717, 1.165) is 6.34 Å². The normalized spacial score (nSPS) is 14.0. The lowest BCUT2D eigenvalue weighted by molar-refractivity contribution is -0.139. The number of nitrogens with zero attached hydrogens (tertiary/aromatic N) is 2. The molecule has 0 aliphatic carbocycles. The second kappa shape index (κ2) is 3.70. The SMILES string of the molecule is COC(=O)C1=C(C(=O)OC)N=C[N]1. The first-order valence-corrected chi connectivity index (χ1v) is 3.35. The molecule has 0 spiro atoms. The van der Waals surface area contributed by atoms with Gasteiger partial charge >= 0.3 is 11.9 Å². The van der Waals surface area contributed by atoms with Crippen LogP contribution in [-0.4, -0.2) is 32.5 Å². The molecule has 69 valence electrons. The highest BCUT2D eigenvalue weighted by Crippen LogP contribution is 2.11. The summed E-state index contributed by atoms with van der Waals surface area (Å²) in [5.74, 6) is -1.42. The van der Waals surface area contributed by atoms with Crippen molar-refractivity contribution < 1.29 is 19.1 Å². The van der Waals surface area contributed by atoms with Crippen molar-refractivity contribution in [2.24, 2.45) is 4.99 Å². The summed E-state index contributed by atoms with van der Waals surface area (Å²) < 4.78 is 8.76. The molecule has 6 nitrogen and oxygen atoms in total. The van der Waals surface area contributed by atoms with Gasteiger partial charge in [-0.15, -0.1) is 0 Å². The molecular formula is C7H7N2O4. The van der Waals surface area contributed by atoms with Crippen molar-refractivity contribution in [2.75, 3.05) is 14.2 Å². The standard InChI is InChI=1S/C7H7N2O4/c1-12-6(10)4-5(7(11)13-2)9-3-8-4/h3H,1-2H3. The van der Waals surface area contributed by atoms with E-state index in [1.54, 1.807) is 0 Å². The molecule has 0 unspecified atom stereocenters. The zero-order valence-corrected chi connectivity index (χ0v) is 7.10. The predicted molar refractivity (Wildman–Crippen MR) is 41.7 cm³/mol. The van der Waals surface area contributed by atoms with Crippen molar-refractivity contribution in [3.05, 3.63) is 11.4 Å². The molecule has 0 aromatic rings. The van der Waals surface area contributed by atoms with E-state index in [2.05, 4.69) is 19.8 Å². The van der Waals surface area contributed by atoms with Gasteiger partial charge in [-0.1, -0.05) is 0 Å². The van der Waals surface area contributed by atoms with Crippen LogP contribution in [0.25, 0.3) is 0 Å². The summed E-state index contributed by atoms with van der Waals surface area (Å²) in [5.41, 5.74) is -0.260. The lowest BCUT2D eigenvalue weighted by atomic mass is 10.3. The van der Waals surface area contributed by atoms with Gasteiger partial charge in [0.05, 0.1) is 14.2 Å². The van der Waals surface area contributed by atoms with Crippen LogP contribution in [0, 0.1) is 0 Å². The van der Waals surface area contributed by atoms with Crippen LogP contribution in [0.4, 0.5) is 0 Å². The largest absolute Gasteiger partial charge is 0.464 e. The van der Waals surface area contributed by atoms with Gasteiger partial charge in [0.25, 0.3) is 0 Å². The van der Waals surface area contributed by atoms with Gasteiger partial charge in [0, 0.05) is 0 Å². The van der Waals surface area contributed by atoms with Gasteiger partial charge in [-0.05, 0) is 0 Å². The number of hydrogen-bond donors (Lipinski definition) is 0. The Balaban J connectivity index is 2.94. The number of carbonyl (C=O) groups is 2. The number of carbonyl (C=O) groups excluding carboxylic acids is 2. The third kappa shape index (κ3) is 1.66. The maximum absolute atomic E-state index is 11.0. The number of aliphatic imine (C=N–C) groups is 1. The van der Waals surface area contributed by atoms with Gasteiger partial charge in [0.15, 0.2) is 11.4 Å². The summed E-state index contributed by atoms with van der Waals surface area (Å²) in [5, 5.41) is 3.57. The Morgan fingerprint density at radius 3 is 2.23 bits per heavy atom. The van der Waals surface area contributed by atoms with Crippen LogP contribution < -0.4 is 5.32 Å². The molecule has 0 fully saturated rings. The molecule has 1 heterocycles. The van der Waals surface area contributed by atoms with E-state index in [1.807, 2.05) is 0 Å². The van der Waals surface area contributed by atoms with E-state index in [9.17, 15) is 9.59 Å². The van der Waals surface area contributed by atoms with Crippen LogP contribution in [0.5, 0.6) is 0 Å². The molecule has 0 bridgehead atoms. The van der Waals surface area contributed by atoms with Crippen molar-refractivity contribution >= 4 is 18.3 Å². The summed E-state index contributed by atoms with van der Waals surface area (Å²) in [4.78, 5) is 25.5. The fourth-order valence-electron chi connectivity index (χ4n) is 0.759. The molecular weight excluding hydrogens is 176 g/mol. The highest BCUT2D eigenvalue weighted by molar-refractivity contribution is 6.04. The van der Waals surface area contributed by atoms with Crippen molar-refractivity contribution in [1.29, 1.82) is 0 Å². The Morgan fingerprint density at radius 1 is 1.15 bits per heavy atom. The third-order valence-electron chi connectivity index (χ3n) is 1.36. The molecule has 1 aliphatic heterocycles. The zero-order valence-electron chi connectivity index (χ0n) is 7.10. The molecule has 0 aromatic heterocycles. The molecule has 0 amide bonds. The number of hydrogen-bond acceptors (Lipinski definition) is 5. The molecule has 0 saturated heterocycles. The first-order chi connectivity index (χ1) is 6.20. The smallest absolute Gasteiger partial charge is 0.359 e. The lowest BCUT2D eigenvalue weighted by Gasteiger charge is -2.00. The topological polar surface area (TPSA) is 79.1 Å². The van der Waals surface area contributed by atoms with E-state index in [1.165, 1.54) is 14.2 Å². The zero-order chi connectivity index (χ0) is 9.84. The highest BCUT2D eigenvalue weighted by Gasteiger charge is 2.26. The van der Waals surface area contributed by atoms with Gasteiger partial charge < -0.3 is 9.47 Å². The Hall–Kier alpha value is -1.85. The Kier molecular flexibility index (Phi) is 2.63. The summed E-state index contributed by atoms with van der Waals surface area (Å²) in [6, 6.07) is 0. The summed E-state index contributed by atoms with van der Waals surface area (Å²) in [6.07, 6.45) is 1.10. The quantitative estimate of drug-likeness (QED) is 0.524. The van der Waals surface area contributed by atoms with E-state index < -0.39 is 11.9 Å². The van der Waals surface area contributed by atoms with Gasteiger partial charge in [-0.25, -0.2) is 19.9 Å². The summed E-state index contributed by atoms with van der Waals surface area (Å²) in [6.45, 7) is 0. The maximum Gasteiger partial charge on any atom is 0.359 e. The predicted octanol–water partition coefficient (Wildman–Crippen LogP) is -0.810. The van der Waals surface area contributed by atoms with Crippen LogP contribution in [0.2, 0.25) is 0 Å².